The standard InChI is InChI=1S/C13H18ClNO3/c1-3-18-12-8-11(17-2)5-4-10(12)6-7-15-13(16)9-14/h4-5,8H,3,6-7,9H2,1-2H3,(H,15,16). The van der Waals surface area contributed by atoms with Gasteiger partial charge in [0.05, 0.1) is 13.7 Å². The molecule has 0 aromatic heterocycles. The summed E-state index contributed by atoms with van der Waals surface area (Å²) in [6.07, 6.45) is 0.696. The van der Waals surface area contributed by atoms with Gasteiger partial charge in [0.2, 0.25) is 5.91 Å². The lowest BCUT2D eigenvalue weighted by Gasteiger charge is -2.12. The third-order valence-electron chi connectivity index (χ3n) is 2.41. The normalized spacial score (nSPS) is 9.94. The molecule has 1 aromatic carbocycles. The van der Waals surface area contributed by atoms with E-state index in [0.29, 0.717) is 19.6 Å². The summed E-state index contributed by atoms with van der Waals surface area (Å²) in [5.41, 5.74) is 1.03. The summed E-state index contributed by atoms with van der Waals surface area (Å²) in [6.45, 7) is 3.06. The summed E-state index contributed by atoms with van der Waals surface area (Å²) in [6, 6.07) is 5.67. The second-order valence-electron chi connectivity index (χ2n) is 3.64. The van der Waals surface area contributed by atoms with E-state index in [1.165, 1.54) is 0 Å². The highest BCUT2D eigenvalue weighted by Crippen LogP contribution is 2.25. The first kappa shape index (κ1) is 14.6. The van der Waals surface area contributed by atoms with Crippen LogP contribution in [0.3, 0.4) is 0 Å². The molecule has 0 atom stereocenters. The third-order valence-corrected chi connectivity index (χ3v) is 2.65. The second-order valence-corrected chi connectivity index (χ2v) is 3.91. The first-order valence-corrected chi connectivity index (χ1v) is 6.37. The number of nitrogens with one attached hydrogen (secondary N) is 1. The van der Waals surface area contributed by atoms with E-state index < -0.39 is 0 Å². The number of carbonyl (C=O) groups is 1. The molecule has 18 heavy (non-hydrogen) atoms. The Bertz CT molecular complexity index is 396. The van der Waals surface area contributed by atoms with Crippen LogP contribution in [-0.4, -0.2) is 32.0 Å². The van der Waals surface area contributed by atoms with E-state index >= 15 is 0 Å². The van der Waals surface area contributed by atoms with Crippen molar-refractivity contribution in [3.05, 3.63) is 23.8 Å². The van der Waals surface area contributed by atoms with Gasteiger partial charge < -0.3 is 14.8 Å². The molecule has 0 heterocycles. The van der Waals surface area contributed by atoms with Crippen LogP contribution < -0.4 is 14.8 Å². The third kappa shape index (κ3) is 4.45. The van der Waals surface area contributed by atoms with Gasteiger partial charge in [0.15, 0.2) is 0 Å². The van der Waals surface area contributed by atoms with Gasteiger partial charge in [0.1, 0.15) is 17.4 Å². The maximum absolute atomic E-state index is 11.0. The van der Waals surface area contributed by atoms with Crippen LogP contribution in [0.1, 0.15) is 12.5 Å². The van der Waals surface area contributed by atoms with Crippen molar-refractivity contribution in [2.75, 3.05) is 26.1 Å². The van der Waals surface area contributed by atoms with Gasteiger partial charge in [-0.05, 0) is 25.0 Å². The van der Waals surface area contributed by atoms with E-state index in [2.05, 4.69) is 5.32 Å². The fourth-order valence-electron chi connectivity index (χ4n) is 1.54. The van der Waals surface area contributed by atoms with Crippen LogP contribution in [0.25, 0.3) is 0 Å². The van der Waals surface area contributed by atoms with Gasteiger partial charge in [-0.1, -0.05) is 6.07 Å². The predicted octanol–water partition coefficient (Wildman–Crippen LogP) is 1.99. The van der Waals surface area contributed by atoms with Crippen molar-refractivity contribution in [2.45, 2.75) is 13.3 Å². The molecule has 1 rings (SSSR count). The minimum absolute atomic E-state index is 0.0130. The number of alkyl halides is 1. The summed E-state index contributed by atoms with van der Waals surface area (Å²) in [5.74, 6) is 1.37. The van der Waals surface area contributed by atoms with Crippen molar-refractivity contribution in [3.8, 4) is 11.5 Å². The zero-order chi connectivity index (χ0) is 13.4. The van der Waals surface area contributed by atoms with Gasteiger partial charge in [-0.3, -0.25) is 4.79 Å². The quantitative estimate of drug-likeness (QED) is 0.772. The highest BCUT2D eigenvalue weighted by atomic mass is 35.5. The maximum Gasteiger partial charge on any atom is 0.234 e. The summed E-state index contributed by atoms with van der Waals surface area (Å²) in [7, 11) is 1.62. The van der Waals surface area contributed by atoms with Gasteiger partial charge in [-0.25, -0.2) is 0 Å². The molecule has 0 aliphatic rings. The lowest BCUT2D eigenvalue weighted by atomic mass is 10.1. The molecule has 0 radical (unpaired) electrons. The Labute approximate surface area is 112 Å². The Morgan fingerprint density at radius 3 is 2.83 bits per heavy atom. The largest absolute Gasteiger partial charge is 0.497 e. The summed E-state index contributed by atoms with van der Waals surface area (Å²) in [5, 5.41) is 2.72. The first-order chi connectivity index (χ1) is 8.71. The van der Waals surface area contributed by atoms with Crippen molar-refractivity contribution in [2.24, 2.45) is 0 Å². The van der Waals surface area contributed by atoms with E-state index in [1.807, 2.05) is 25.1 Å². The number of ether oxygens (including phenoxy) is 2. The number of hydrogen-bond acceptors (Lipinski definition) is 3. The molecule has 1 N–H and O–H groups in total. The van der Waals surface area contributed by atoms with Crippen LogP contribution >= 0.6 is 11.6 Å². The number of methoxy groups -OCH3 is 1. The number of rotatable bonds is 7. The molecule has 0 bridgehead atoms. The summed E-state index contributed by atoms with van der Waals surface area (Å²) < 4.78 is 10.7. The molecule has 0 aliphatic carbocycles. The van der Waals surface area contributed by atoms with Crippen molar-refractivity contribution < 1.29 is 14.3 Å². The highest BCUT2D eigenvalue weighted by Gasteiger charge is 2.06. The molecular weight excluding hydrogens is 254 g/mol. The number of amides is 1. The SMILES string of the molecule is CCOc1cc(OC)ccc1CCNC(=O)CCl. The van der Waals surface area contributed by atoms with Crippen LogP contribution in [-0.2, 0) is 11.2 Å². The van der Waals surface area contributed by atoms with Crippen LogP contribution in [0.4, 0.5) is 0 Å². The Kier molecular flexibility index (Phi) is 6.36. The maximum atomic E-state index is 11.0. The molecule has 0 fully saturated rings. The smallest absolute Gasteiger partial charge is 0.234 e. The monoisotopic (exact) mass is 271 g/mol. The molecule has 1 aromatic rings. The molecule has 100 valence electrons. The van der Waals surface area contributed by atoms with Crippen molar-refractivity contribution in [3.63, 3.8) is 0 Å². The van der Waals surface area contributed by atoms with Crippen LogP contribution in [0, 0.1) is 0 Å². The zero-order valence-corrected chi connectivity index (χ0v) is 11.4. The van der Waals surface area contributed by atoms with E-state index in [4.69, 9.17) is 21.1 Å². The van der Waals surface area contributed by atoms with E-state index in [-0.39, 0.29) is 11.8 Å². The van der Waals surface area contributed by atoms with Gasteiger partial charge >= 0.3 is 0 Å². The second kappa shape index (κ2) is 7.82. The lowest BCUT2D eigenvalue weighted by Crippen LogP contribution is -2.26. The average Bonchev–Trinajstić information content (AvgIpc) is 2.40. The average molecular weight is 272 g/mol. The molecule has 5 heteroatoms. The Hall–Kier alpha value is -1.42. The number of halogens is 1. The Balaban J connectivity index is 2.65. The van der Waals surface area contributed by atoms with Crippen LogP contribution in [0.15, 0.2) is 18.2 Å². The number of benzene rings is 1. The highest BCUT2D eigenvalue weighted by molar-refractivity contribution is 6.27. The molecule has 0 spiro atoms. The van der Waals surface area contributed by atoms with Crippen LogP contribution in [0.2, 0.25) is 0 Å². The fourth-order valence-corrected chi connectivity index (χ4v) is 1.64. The molecule has 1 amide bonds. The van der Waals surface area contributed by atoms with Crippen molar-refractivity contribution in [1.29, 1.82) is 0 Å². The van der Waals surface area contributed by atoms with Gasteiger partial charge in [0.25, 0.3) is 0 Å². The Morgan fingerprint density at radius 2 is 2.22 bits per heavy atom. The molecule has 0 saturated carbocycles. The molecular formula is C13H18ClNO3. The predicted molar refractivity (Wildman–Crippen MR) is 71.6 cm³/mol. The fraction of sp³-hybridized carbons (Fsp3) is 0.462. The number of hydrogen-bond donors (Lipinski definition) is 1. The minimum atomic E-state index is -0.164. The molecule has 4 nitrogen and oxygen atoms in total. The van der Waals surface area contributed by atoms with Gasteiger partial charge in [0, 0.05) is 12.6 Å². The van der Waals surface area contributed by atoms with E-state index in [0.717, 1.165) is 17.1 Å². The van der Waals surface area contributed by atoms with E-state index in [1.54, 1.807) is 7.11 Å². The lowest BCUT2D eigenvalue weighted by molar-refractivity contribution is -0.118. The minimum Gasteiger partial charge on any atom is -0.497 e. The number of carbonyl (C=O) groups excluding carboxylic acids is 1. The van der Waals surface area contributed by atoms with Gasteiger partial charge in [-0.15, -0.1) is 11.6 Å². The molecule has 0 unspecified atom stereocenters. The molecule has 0 saturated heterocycles. The van der Waals surface area contributed by atoms with Gasteiger partial charge in [-0.2, -0.15) is 0 Å². The zero-order valence-electron chi connectivity index (χ0n) is 10.7. The Morgan fingerprint density at radius 1 is 1.44 bits per heavy atom. The topological polar surface area (TPSA) is 47.6 Å². The first-order valence-electron chi connectivity index (χ1n) is 5.83. The van der Waals surface area contributed by atoms with Crippen molar-refractivity contribution >= 4 is 17.5 Å². The summed E-state index contributed by atoms with van der Waals surface area (Å²) >= 11 is 5.40. The van der Waals surface area contributed by atoms with Crippen molar-refractivity contribution in [1.82, 2.24) is 5.32 Å². The molecule has 0 aliphatic heterocycles. The van der Waals surface area contributed by atoms with Crippen LogP contribution in [0.5, 0.6) is 11.5 Å². The summed E-state index contributed by atoms with van der Waals surface area (Å²) in [4.78, 5) is 11.0. The van der Waals surface area contributed by atoms with E-state index in [9.17, 15) is 4.79 Å².